The number of aryl methyl sites for hydroxylation is 1. The zero-order valence-electron chi connectivity index (χ0n) is 11.1. The normalized spacial score (nSPS) is 11.5. The first kappa shape index (κ1) is 15.5. The van der Waals surface area contributed by atoms with Crippen molar-refractivity contribution in [2.24, 2.45) is 0 Å². The molecule has 0 saturated carbocycles. The number of phenolic OH excluding ortho intramolecular Hbond substituents is 1. The van der Waals surface area contributed by atoms with E-state index < -0.39 is 11.7 Å². The largest absolute Gasteiger partial charge is 0.507 e. The Labute approximate surface area is 125 Å². The van der Waals surface area contributed by atoms with E-state index in [-0.39, 0.29) is 23.0 Å². The van der Waals surface area contributed by atoms with Crippen LogP contribution in [0, 0.1) is 6.92 Å². The Hall–Kier alpha value is -1.88. The lowest BCUT2D eigenvalue weighted by Gasteiger charge is -2.13. The first-order valence-electron chi connectivity index (χ1n) is 6.16. The van der Waals surface area contributed by atoms with Crippen molar-refractivity contribution in [3.8, 4) is 5.75 Å². The highest BCUT2D eigenvalue weighted by Gasteiger charge is 2.31. The predicted octanol–water partition coefficient (Wildman–Crippen LogP) is 4.98. The second-order valence-electron chi connectivity index (χ2n) is 4.66. The van der Waals surface area contributed by atoms with E-state index in [1.165, 1.54) is 6.07 Å². The van der Waals surface area contributed by atoms with Crippen molar-refractivity contribution in [2.75, 3.05) is 5.32 Å². The number of rotatable bonds is 3. The smallest absolute Gasteiger partial charge is 0.416 e. The van der Waals surface area contributed by atoms with Crippen molar-refractivity contribution in [3.63, 3.8) is 0 Å². The number of phenols is 1. The zero-order chi connectivity index (χ0) is 15.6. The average Bonchev–Trinajstić information content (AvgIpc) is 2.39. The topological polar surface area (TPSA) is 32.3 Å². The molecular formula is C15H13ClF3NO. The lowest BCUT2D eigenvalue weighted by atomic mass is 10.1. The third-order valence-electron chi connectivity index (χ3n) is 3.03. The summed E-state index contributed by atoms with van der Waals surface area (Å²) in [7, 11) is 0. The molecule has 2 rings (SSSR count). The molecule has 0 bridgehead atoms. The Kier molecular flexibility index (Phi) is 4.32. The van der Waals surface area contributed by atoms with Gasteiger partial charge in [-0.2, -0.15) is 13.2 Å². The second kappa shape index (κ2) is 5.85. The molecule has 0 unspecified atom stereocenters. The molecule has 0 fully saturated rings. The molecule has 2 aromatic carbocycles. The van der Waals surface area contributed by atoms with E-state index in [1.807, 2.05) is 0 Å². The third kappa shape index (κ3) is 3.82. The Balaban J connectivity index is 2.21. The summed E-state index contributed by atoms with van der Waals surface area (Å²) < 4.78 is 38.1. The summed E-state index contributed by atoms with van der Waals surface area (Å²) in [6.07, 6.45) is -4.45. The predicted molar refractivity (Wildman–Crippen MR) is 76.6 cm³/mol. The SMILES string of the molecule is Cc1cccc(CNc2cc(Cl)cc(C(F)(F)F)c2)c1O. The van der Waals surface area contributed by atoms with E-state index >= 15 is 0 Å². The van der Waals surface area contributed by atoms with E-state index in [2.05, 4.69) is 5.32 Å². The summed E-state index contributed by atoms with van der Waals surface area (Å²) in [4.78, 5) is 0. The summed E-state index contributed by atoms with van der Waals surface area (Å²) in [6.45, 7) is 1.95. The summed E-state index contributed by atoms with van der Waals surface area (Å²) in [6, 6.07) is 8.48. The van der Waals surface area contributed by atoms with Gasteiger partial charge in [-0.1, -0.05) is 29.8 Å². The molecule has 2 N–H and O–H groups in total. The number of halogens is 4. The average molecular weight is 316 g/mol. The summed E-state index contributed by atoms with van der Waals surface area (Å²) in [5.74, 6) is 0.128. The summed E-state index contributed by atoms with van der Waals surface area (Å²) in [5, 5.41) is 12.7. The molecule has 0 radical (unpaired) electrons. The molecule has 0 heterocycles. The number of nitrogens with one attached hydrogen (secondary N) is 1. The van der Waals surface area contributed by atoms with Gasteiger partial charge in [-0.3, -0.25) is 0 Å². The van der Waals surface area contributed by atoms with Crippen molar-refractivity contribution in [2.45, 2.75) is 19.6 Å². The van der Waals surface area contributed by atoms with Crippen LogP contribution < -0.4 is 5.32 Å². The minimum Gasteiger partial charge on any atom is -0.507 e. The van der Waals surface area contributed by atoms with E-state index in [4.69, 9.17) is 11.6 Å². The van der Waals surface area contributed by atoms with E-state index in [0.717, 1.165) is 12.1 Å². The molecule has 0 aliphatic carbocycles. The van der Waals surface area contributed by atoms with Gasteiger partial charge in [0.2, 0.25) is 0 Å². The molecular weight excluding hydrogens is 303 g/mol. The molecule has 0 amide bonds. The summed E-state index contributed by atoms with van der Waals surface area (Å²) in [5.41, 5.74) is 0.738. The highest BCUT2D eigenvalue weighted by molar-refractivity contribution is 6.30. The minimum absolute atomic E-state index is 0.000731. The monoisotopic (exact) mass is 315 g/mol. The maximum Gasteiger partial charge on any atom is 0.416 e. The fourth-order valence-electron chi connectivity index (χ4n) is 1.92. The van der Waals surface area contributed by atoms with Gasteiger partial charge in [-0.05, 0) is 30.7 Å². The van der Waals surface area contributed by atoms with Crippen molar-refractivity contribution in [3.05, 3.63) is 58.1 Å². The van der Waals surface area contributed by atoms with Crippen LogP contribution in [-0.4, -0.2) is 5.11 Å². The Bertz CT molecular complexity index is 656. The maximum atomic E-state index is 12.7. The maximum absolute atomic E-state index is 12.7. The van der Waals surface area contributed by atoms with Gasteiger partial charge in [0, 0.05) is 22.8 Å². The van der Waals surface area contributed by atoms with Gasteiger partial charge in [-0.25, -0.2) is 0 Å². The molecule has 112 valence electrons. The van der Waals surface area contributed by atoms with Crippen LogP contribution in [0.2, 0.25) is 5.02 Å². The van der Waals surface area contributed by atoms with Gasteiger partial charge in [0.05, 0.1) is 5.56 Å². The highest BCUT2D eigenvalue weighted by Crippen LogP contribution is 2.33. The van der Waals surface area contributed by atoms with E-state index in [0.29, 0.717) is 11.1 Å². The fraction of sp³-hybridized carbons (Fsp3) is 0.200. The molecule has 0 saturated heterocycles. The lowest BCUT2D eigenvalue weighted by Crippen LogP contribution is -2.07. The van der Waals surface area contributed by atoms with Gasteiger partial charge in [0.1, 0.15) is 5.75 Å². The molecule has 2 aromatic rings. The van der Waals surface area contributed by atoms with Crippen molar-refractivity contribution in [1.29, 1.82) is 0 Å². The highest BCUT2D eigenvalue weighted by atomic mass is 35.5. The van der Waals surface area contributed by atoms with Crippen molar-refractivity contribution in [1.82, 2.24) is 0 Å². The van der Waals surface area contributed by atoms with Crippen LogP contribution in [0.4, 0.5) is 18.9 Å². The molecule has 2 nitrogen and oxygen atoms in total. The van der Waals surface area contributed by atoms with Crippen LogP contribution in [0.1, 0.15) is 16.7 Å². The molecule has 0 atom stereocenters. The zero-order valence-corrected chi connectivity index (χ0v) is 11.9. The Morgan fingerprint density at radius 1 is 1.19 bits per heavy atom. The van der Waals surface area contributed by atoms with Gasteiger partial charge < -0.3 is 10.4 Å². The van der Waals surface area contributed by atoms with Crippen LogP contribution in [-0.2, 0) is 12.7 Å². The number of hydrogen-bond acceptors (Lipinski definition) is 2. The first-order valence-corrected chi connectivity index (χ1v) is 6.54. The number of hydrogen-bond donors (Lipinski definition) is 2. The minimum atomic E-state index is -4.45. The van der Waals surface area contributed by atoms with Crippen LogP contribution in [0.15, 0.2) is 36.4 Å². The van der Waals surface area contributed by atoms with Crippen molar-refractivity contribution >= 4 is 17.3 Å². The quantitative estimate of drug-likeness (QED) is 0.836. The molecule has 0 spiro atoms. The second-order valence-corrected chi connectivity index (χ2v) is 5.10. The van der Waals surface area contributed by atoms with Gasteiger partial charge in [-0.15, -0.1) is 0 Å². The van der Waals surface area contributed by atoms with Crippen LogP contribution in [0.25, 0.3) is 0 Å². The third-order valence-corrected chi connectivity index (χ3v) is 3.25. The van der Waals surface area contributed by atoms with Crippen LogP contribution in [0.3, 0.4) is 0 Å². The Morgan fingerprint density at radius 3 is 2.57 bits per heavy atom. The van der Waals surface area contributed by atoms with E-state index in [1.54, 1.807) is 25.1 Å². The molecule has 6 heteroatoms. The molecule has 21 heavy (non-hydrogen) atoms. The first-order chi connectivity index (χ1) is 9.77. The summed E-state index contributed by atoms with van der Waals surface area (Å²) >= 11 is 5.70. The number of aromatic hydroxyl groups is 1. The number of alkyl halides is 3. The fourth-order valence-corrected chi connectivity index (χ4v) is 2.15. The van der Waals surface area contributed by atoms with Crippen molar-refractivity contribution < 1.29 is 18.3 Å². The van der Waals surface area contributed by atoms with Gasteiger partial charge in [0.15, 0.2) is 0 Å². The van der Waals surface area contributed by atoms with Gasteiger partial charge in [0.25, 0.3) is 0 Å². The Morgan fingerprint density at radius 2 is 1.90 bits per heavy atom. The number of benzene rings is 2. The molecule has 0 aliphatic heterocycles. The standard InChI is InChI=1S/C15H13ClF3NO/c1-9-3-2-4-10(14(9)21)8-20-13-6-11(15(17,18)19)5-12(16)7-13/h2-7,20-21H,8H2,1H3. The van der Waals surface area contributed by atoms with Crippen LogP contribution >= 0.6 is 11.6 Å². The van der Waals surface area contributed by atoms with Crippen LogP contribution in [0.5, 0.6) is 5.75 Å². The van der Waals surface area contributed by atoms with Gasteiger partial charge >= 0.3 is 6.18 Å². The number of anilines is 1. The molecule has 0 aromatic heterocycles. The lowest BCUT2D eigenvalue weighted by molar-refractivity contribution is -0.137. The number of para-hydroxylation sites is 1. The molecule has 0 aliphatic rings. The van der Waals surface area contributed by atoms with E-state index in [9.17, 15) is 18.3 Å².